The van der Waals surface area contributed by atoms with Crippen LogP contribution in [0.4, 0.5) is 5.69 Å². The number of ketones is 2. The van der Waals surface area contributed by atoms with Gasteiger partial charge in [-0.2, -0.15) is 0 Å². The lowest BCUT2D eigenvalue weighted by Gasteiger charge is -2.16. The van der Waals surface area contributed by atoms with Crippen molar-refractivity contribution in [2.45, 2.75) is 18.1 Å². The molecule has 0 saturated carbocycles. The number of thiocarbonyl (C=S) groups is 1. The molecule has 0 radical (unpaired) electrons. The maximum Gasteiger partial charge on any atom is 0.252 e. The van der Waals surface area contributed by atoms with E-state index in [0.717, 1.165) is 11.3 Å². The smallest absolute Gasteiger partial charge is 0.252 e. The molecule has 0 bridgehead atoms. The minimum absolute atomic E-state index is 0.183. The number of pyridine rings is 1. The van der Waals surface area contributed by atoms with E-state index in [9.17, 15) is 14.4 Å². The predicted octanol–water partition coefficient (Wildman–Crippen LogP) is 4.66. The van der Waals surface area contributed by atoms with Crippen LogP contribution in [0.3, 0.4) is 0 Å². The van der Waals surface area contributed by atoms with Crippen LogP contribution in [0.15, 0.2) is 66.7 Å². The highest BCUT2D eigenvalue weighted by Gasteiger charge is 2.42. The van der Waals surface area contributed by atoms with Gasteiger partial charge in [0.25, 0.3) is 5.91 Å². The molecule has 1 unspecified atom stereocenters. The molecule has 0 spiro atoms. The minimum atomic E-state index is -0.973. The Balaban J connectivity index is 1.48. The Hall–Kier alpha value is -3.16. The van der Waals surface area contributed by atoms with Crippen molar-refractivity contribution in [3.63, 3.8) is 0 Å². The number of benzene rings is 2. The summed E-state index contributed by atoms with van der Waals surface area (Å²) in [5.74, 6) is -1.67. The third-order valence-electron chi connectivity index (χ3n) is 5.44. The first kappa shape index (κ1) is 19.8. The van der Waals surface area contributed by atoms with E-state index >= 15 is 0 Å². The van der Waals surface area contributed by atoms with E-state index in [1.54, 1.807) is 42.5 Å². The van der Waals surface area contributed by atoms with Gasteiger partial charge in [-0.25, -0.2) is 0 Å². The molecular formula is C24H16N2O3S2. The van der Waals surface area contributed by atoms with Crippen molar-refractivity contribution in [3.05, 3.63) is 94.8 Å². The molecule has 2 aromatic carbocycles. The number of aryl methyl sites for hydroxylation is 1. The topological polar surface area (TPSA) is 67.3 Å². The molecule has 0 N–H and O–H groups in total. The number of fused-ring (bicyclic) bond motifs is 1. The summed E-state index contributed by atoms with van der Waals surface area (Å²) in [7, 11) is 0. The lowest BCUT2D eigenvalue weighted by atomic mass is 9.98. The van der Waals surface area contributed by atoms with Gasteiger partial charge in [-0.05, 0) is 36.8 Å². The van der Waals surface area contributed by atoms with Crippen molar-refractivity contribution in [2.75, 3.05) is 4.90 Å². The quantitative estimate of drug-likeness (QED) is 0.432. The first-order valence-electron chi connectivity index (χ1n) is 9.71. The number of anilines is 1. The largest absolute Gasteiger partial charge is 0.293 e. The Morgan fingerprint density at radius 2 is 1.52 bits per heavy atom. The van der Waals surface area contributed by atoms with Crippen LogP contribution in [0.25, 0.3) is 0 Å². The molecule has 1 aliphatic heterocycles. The summed E-state index contributed by atoms with van der Waals surface area (Å²) < 4.78 is 0.452. The van der Waals surface area contributed by atoms with Gasteiger partial charge in [0.1, 0.15) is 15.5 Å². The zero-order chi connectivity index (χ0) is 21.7. The summed E-state index contributed by atoms with van der Waals surface area (Å²) >= 11 is 6.73. The van der Waals surface area contributed by atoms with Gasteiger partial charge >= 0.3 is 0 Å². The van der Waals surface area contributed by atoms with Crippen molar-refractivity contribution in [1.82, 2.24) is 4.98 Å². The number of nitrogens with zero attached hydrogens (tertiary/aromatic N) is 2. The fourth-order valence-electron chi connectivity index (χ4n) is 3.98. The van der Waals surface area contributed by atoms with Gasteiger partial charge in [0.15, 0.2) is 11.6 Å². The fraction of sp³-hybridized carbons (Fsp3) is 0.125. The molecule has 2 heterocycles. The maximum absolute atomic E-state index is 13.2. The van der Waals surface area contributed by atoms with Crippen LogP contribution in [0.1, 0.15) is 48.8 Å². The van der Waals surface area contributed by atoms with Crippen molar-refractivity contribution >= 4 is 51.5 Å². The number of aromatic nitrogens is 1. The van der Waals surface area contributed by atoms with Crippen molar-refractivity contribution < 1.29 is 14.4 Å². The molecule has 2 aliphatic rings. The zero-order valence-corrected chi connectivity index (χ0v) is 18.1. The first-order valence-corrected chi connectivity index (χ1v) is 11.0. The van der Waals surface area contributed by atoms with Crippen LogP contribution >= 0.6 is 24.0 Å². The number of rotatable bonds is 3. The second-order valence-corrected chi connectivity index (χ2v) is 9.21. The van der Waals surface area contributed by atoms with Gasteiger partial charge in [-0.1, -0.05) is 66.4 Å². The van der Waals surface area contributed by atoms with Crippen LogP contribution in [0.5, 0.6) is 0 Å². The van der Waals surface area contributed by atoms with Gasteiger partial charge in [0.05, 0.1) is 17.1 Å². The van der Waals surface area contributed by atoms with Gasteiger partial charge in [0, 0.05) is 11.1 Å². The molecule has 1 amide bonds. The third kappa shape index (κ3) is 3.21. The summed E-state index contributed by atoms with van der Waals surface area (Å²) in [5, 5.41) is -0.623. The number of Topliss-reactive ketones (excluding diaryl/α,β-unsaturated/α-hetero) is 2. The summed E-state index contributed by atoms with van der Waals surface area (Å²) in [5.41, 5.74) is 3.43. The normalized spacial score (nSPS) is 18.7. The SMILES string of the molecule is Cc1cccc(N2C(=O)C(c3cccc(C4C(=O)c5ccccc5C4=O)n3)SC2=S)c1. The average Bonchev–Trinajstić information content (AvgIpc) is 3.21. The van der Waals surface area contributed by atoms with E-state index in [-0.39, 0.29) is 17.5 Å². The average molecular weight is 445 g/mol. The van der Waals surface area contributed by atoms with Crippen LogP contribution in [-0.4, -0.2) is 26.8 Å². The van der Waals surface area contributed by atoms with Crippen LogP contribution in [-0.2, 0) is 4.79 Å². The fourth-order valence-corrected chi connectivity index (χ4v) is 5.43. The van der Waals surface area contributed by atoms with E-state index in [2.05, 4.69) is 4.98 Å². The zero-order valence-electron chi connectivity index (χ0n) is 16.4. The van der Waals surface area contributed by atoms with E-state index in [1.165, 1.54) is 16.7 Å². The molecule has 1 saturated heterocycles. The third-order valence-corrected chi connectivity index (χ3v) is 6.98. The number of hydrogen-bond donors (Lipinski definition) is 0. The van der Waals surface area contributed by atoms with Crippen molar-refractivity contribution in [2.24, 2.45) is 0 Å². The Kier molecular flexibility index (Phi) is 4.79. The molecule has 1 aromatic heterocycles. The highest BCUT2D eigenvalue weighted by molar-refractivity contribution is 8.24. The van der Waals surface area contributed by atoms with Crippen molar-refractivity contribution in [1.29, 1.82) is 0 Å². The number of hydrogen-bond acceptors (Lipinski definition) is 6. The molecular weight excluding hydrogens is 428 g/mol. The summed E-state index contributed by atoms with van der Waals surface area (Å²) in [4.78, 5) is 45.0. The maximum atomic E-state index is 13.2. The second kappa shape index (κ2) is 7.51. The van der Waals surface area contributed by atoms with Gasteiger partial charge in [0.2, 0.25) is 0 Å². The first-order chi connectivity index (χ1) is 15.0. The molecule has 31 heavy (non-hydrogen) atoms. The Labute approximate surface area is 188 Å². The van der Waals surface area contributed by atoms with Crippen LogP contribution in [0.2, 0.25) is 0 Å². The molecule has 7 heteroatoms. The van der Waals surface area contributed by atoms with Gasteiger partial charge < -0.3 is 0 Å². The molecule has 5 nitrogen and oxygen atoms in total. The van der Waals surface area contributed by atoms with Gasteiger partial charge in [-0.3, -0.25) is 24.3 Å². The highest BCUT2D eigenvalue weighted by atomic mass is 32.2. The van der Waals surface area contributed by atoms with E-state index in [1.807, 2.05) is 31.2 Å². The Morgan fingerprint density at radius 3 is 2.19 bits per heavy atom. The lowest BCUT2D eigenvalue weighted by Crippen LogP contribution is -2.29. The summed E-state index contributed by atoms with van der Waals surface area (Å²) in [6, 6.07) is 19.5. The lowest BCUT2D eigenvalue weighted by molar-refractivity contribution is -0.117. The molecule has 5 rings (SSSR count). The standard InChI is InChI=1S/C24H16N2O3S2/c1-13-6-4-7-14(12-13)26-23(29)22(31-24(26)30)18-11-5-10-17(25-18)19-20(27)15-8-2-3-9-16(15)21(19)28/h2-12,19,22H,1H3. The Morgan fingerprint density at radius 1 is 0.871 bits per heavy atom. The molecule has 152 valence electrons. The summed E-state index contributed by atoms with van der Waals surface area (Å²) in [6.07, 6.45) is 0. The van der Waals surface area contributed by atoms with Crippen LogP contribution < -0.4 is 4.90 Å². The number of amides is 1. The molecule has 1 atom stereocenters. The Bertz CT molecular complexity index is 1250. The van der Waals surface area contributed by atoms with Gasteiger partial charge in [-0.15, -0.1) is 0 Å². The predicted molar refractivity (Wildman–Crippen MR) is 124 cm³/mol. The molecule has 3 aromatic rings. The highest BCUT2D eigenvalue weighted by Crippen LogP contribution is 2.42. The van der Waals surface area contributed by atoms with Crippen LogP contribution in [0, 0.1) is 6.92 Å². The number of carbonyl (C=O) groups is 3. The van der Waals surface area contributed by atoms with E-state index < -0.39 is 11.2 Å². The van der Waals surface area contributed by atoms with E-state index in [0.29, 0.717) is 26.8 Å². The monoisotopic (exact) mass is 444 g/mol. The number of thioether (sulfide) groups is 1. The second-order valence-electron chi connectivity index (χ2n) is 7.47. The minimum Gasteiger partial charge on any atom is -0.293 e. The van der Waals surface area contributed by atoms with E-state index in [4.69, 9.17) is 12.2 Å². The molecule has 1 fully saturated rings. The molecule has 1 aliphatic carbocycles. The summed E-state index contributed by atoms with van der Waals surface area (Å²) in [6.45, 7) is 1.95. The number of carbonyl (C=O) groups excluding carboxylic acids is 3. The van der Waals surface area contributed by atoms with Crippen molar-refractivity contribution in [3.8, 4) is 0 Å².